The Morgan fingerprint density at radius 2 is 2.25 bits per heavy atom. The number of tetrazole rings is 1. The van der Waals surface area contributed by atoms with E-state index >= 15 is 0 Å². The van der Waals surface area contributed by atoms with E-state index in [1.54, 1.807) is 6.07 Å². The number of hydrogen-bond donors (Lipinski definition) is 3. The highest BCUT2D eigenvalue weighted by molar-refractivity contribution is 7.99. The normalized spacial score (nSPS) is 16.2. The molecular formula is C12H16N6OS. The molecule has 3 rings (SSSR count). The fourth-order valence-electron chi connectivity index (χ4n) is 2.30. The van der Waals surface area contributed by atoms with Gasteiger partial charge in [0.25, 0.3) is 5.91 Å². The van der Waals surface area contributed by atoms with Crippen LogP contribution in [0.3, 0.4) is 0 Å². The summed E-state index contributed by atoms with van der Waals surface area (Å²) >= 11 is 1.94. The van der Waals surface area contributed by atoms with E-state index in [0.717, 1.165) is 30.0 Å². The largest absolute Gasteiger partial charge is 0.355 e. The number of carbonyl (C=O) groups is 1. The number of aromatic amines is 2. The third-order valence-electron chi connectivity index (χ3n) is 3.40. The summed E-state index contributed by atoms with van der Waals surface area (Å²) in [6, 6.07) is 2.05. The molecule has 3 heterocycles. The fraction of sp³-hybridized carbons (Fsp3) is 0.500. The third-order valence-corrected chi connectivity index (χ3v) is 4.45. The molecule has 1 aliphatic rings. The number of nitrogens with one attached hydrogen (secondary N) is 3. The van der Waals surface area contributed by atoms with Crippen molar-refractivity contribution in [2.75, 3.05) is 11.5 Å². The van der Waals surface area contributed by atoms with Gasteiger partial charge in [0.05, 0.1) is 11.3 Å². The summed E-state index contributed by atoms with van der Waals surface area (Å²) in [5, 5.41) is 16.8. The number of H-pyrrole nitrogens is 2. The second-order valence-electron chi connectivity index (χ2n) is 4.82. The van der Waals surface area contributed by atoms with Crippen LogP contribution in [-0.2, 0) is 0 Å². The minimum absolute atomic E-state index is 0.0367. The standard InChI is InChI=1S/C12H16N6OS/c1-7-9(6-10(13-7)11-15-17-18-16-11)12(19)14-8-2-4-20-5-3-8/h6,8,13H,2-5H2,1H3,(H,14,19)(H,15,16,17,18). The lowest BCUT2D eigenvalue weighted by Gasteiger charge is -2.22. The van der Waals surface area contributed by atoms with Crippen molar-refractivity contribution in [2.24, 2.45) is 0 Å². The van der Waals surface area contributed by atoms with Crippen LogP contribution in [0.15, 0.2) is 6.07 Å². The van der Waals surface area contributed by atoms with Gasteiger partial charge in [-0.2, -0.15) is 17.0 Å². The number of nitrogens with zero attached hydrogens (tertiary/aromatic N) is 3. The van der Waals surface area contributed by atoms with Crippen molar-refractivity contribution in [3.63, 3.8) is 0 Å². The van der Waals surface area contributed by atoms with E-state index in [2.05, 4.69) is 30.9 Å². The predicted molar refractivity (Wildman–Crippen MR) is 76.5 cm³/mol. The molecule has 0 aromatic carbocycles. The zero-order chi connectivity index (χ0) is 13.9. The van der Waals surface area contributed by atoms with Gasteiger partial charge in [-0.05, 0) is 42.6 Å². The molecule has 0 saturated carbocycles. The zero-order valence-corrected chi connectivity index (χ0v) is 12.0. The van der Waals surface area contributed by atoms with E-state index in [1.165, 1.54) is 0 Å². The Hall–Kier alpha value is -1.83. The average molecular weight is 292 g/mol. The van der Waals surface area contributed by atoms with Gasteiger partial charge in [-0.15, -0.1) is 10.2 Å². The average Bonchev–Trinajstić information content (AvgIpc) is 3.08. The van der Waals surface area contributed by atoms with E-state index in [4.69, 9.17) is 0 Å². The Morgan fingerprint density at radius 1 is 1.45 bits per heavy atom. The van der Waals surface area contributed by atoms with Gasteiger partial charge in [-0.25, -0.2) is 0 Å². The summed E-state index contributed by atoms with van der Waals surface area (Å²) in [7, 11) is 0. The maximum absolute atomic E-state index is 12.3. The van der Waals surface area contributed by atoms with Gasteiger partial charge in [0, 0.05) is 11.7 Å². The Bertz CT molecular complexity index is 587. The lowest BCUT2D eigenvalue weighted by atomic mass is 10.1. The number of rotatable bonds is 3. The smallest absolute Gasteiger partial charge is 0.253 e. The Labute approximate surface area is 120 Å². The summed E-state index contributed by atoms with van der Waals surface area (Å²) in [5.74, 6) is 2.66. The van der Waals surface area contributed by atoms with Crippen LogP contribution in [0.4, 0.5) is 0 Å². The molecule has 20 heavy (non-hydrogen) atoms. The van der Waals surface area contributed by atoms with Gasteiger partial charge in [0.1, 0.15) is 0 Å². The number of thioether (sulfide) groups is 1. The van der Waals surface area contributed by atoms with Gasteiger partial charge in [-0.3, -0.25) is 4.79 Å². The molecular weight excluding hydrogens is 276 g/mol. The number of aryl methyl sites for hydroxylation is 1. The van der Waals surface area contributed by atoms with Crippen LogP contribution in [0.1, 0.15) is 28.9 Å². The van der Waals surface area contributed by atoms with Gasteiger partial charge >= 0.3 is 0 Å². The van der Waals surface area contributed by atoms with E-state index < -0.39 is 0 Å². The molecule has 7 nitrogen and oxygen atoms in total. The SMILES string of the molecule is Cc1[nH]c(-c2nn[nH]n2)cc1C(=O)NC1CCSCC1. The van der Waals surface area contributed by atoms with Crippen molar-refractivity contribution < 1.29 is 4.79 Å². The quantitative estimate of drug-likeness (QED) is 0.787. The molecule has 0 atom stereocenters. The number of aromatic nitrogens is 5. The van der Waals surface area contributed by atoms with Crippen molar-refractivity contribution in [1.82, 2.24) is 30.9 Å². The first-order valence-electron chi connectivity index (χ1n) is 6.56. The first-order chi connectivity index (χ1) is 9.74. The van der Waals surface area contributed by atoms with Gasteiger partial charge in [-0.1, -0.05) is 0 Å². The number of hydrogen-bond acceptors (Lipinski definition) is 5. The van der Waals surface area contributed by atoms with Crippen LogP contribution in [0.5, 0.6) is 0 Å². The molecule has 2 aromatic heterocycles. The van der Waals surface area contributed by atoms with Gasteiger partial charge < -0.3 is 10.3 Å². The second-order valence-corrected chi connectivity index (χ2v) is 6.04. The molecule has 3 N–H and O–H groups in total. The lowest BCUT2D eigenvalue weighted by molar-refractivity contribution is 0.0934. The third kappa shape index (κ3) is 2.69. The number of carbonyl (C=O) groups excluding carboxylic acids is 1. The van der Waals surface area contributed by atoms with Crippen molar-refractivity contribution in [2.45, 2.75) is 25.8 Å². The molecule has 1 saturated heterocycles. The van der Waals surface area contributed by atoms with Crippen molar-refractivity contribution in [3.8, 4) is 11.5 Å². The van der Waals surface area contributed by atoms with Crippen LogP contribution < -0.4 is 5.32 Å². The van der Waals surface area contributed by atoms with Gasteiger partial charge in [0.2, 0.25) is 5.82 Å². The van der Waals surface area contributed by atoms with E-state index in [9.17, 15) is 4.79 Å². The molecule has 1 fully saturated rings. The van der Waals surface area contributed by atoms with Crippen LogP contribution >= 0.6 is 11.8 Å². The molecule has 0 radical (unpaired) electrons. The van der Waals surface area contributed by atoms with Crippen LogP contribution in [-0.4, -0.2) is 49.1 Å². The number of amides is 1. The highest BCUT2D eigenvalue weighted by Crippen LogP contribution is 2.20. The topological polar surface area (TPSA) is 99.3 Å². The zero-order valence-electron chi connectivity index (χ0n) is 11.1. The highest BCUT2D eigenvalue weighted by Gasteiger charge is 2.20. The Morgan fingerprint density at radius 3 is 2.95 bits per heavy atom. The Balaban J connectivity index is 1.74. The van der Waals surface area contributed by atoms with E-state index in [0.29, 0.717) is 17.1 Å². The van der Waals surface area contributed by atoms with E-state index in [1.807, 2.05) is 18.7 Å². The Kier molecular flexibility index (Phi) is 3.72. The maximum atomic E-state index is 12.3. The van der Waals surface area contributed by atoms with Crippen LogP contribution in [0, 0.1) is 6.92 Å². The summed E-state index contributed by atoms with van der Waals surface area (Å²) in [4.78, 5) is 15.4. The molecule has 0 spiro atoms. The van der Waals surface area contributed by atoms with E-state index in [-0.39, 0.29) is 11.9 Å². The molecule has 8 heteroatoms. The maximum Gasteiger partial charge on any atom is 0.253 e. The summed E-state index contributed by atoms with van der Waals surface area (Å²) in [6.07, 6.45) is 2.08. The van der Waals surface area contributed by atoms with Crippen LogP contribution in [0.2, 0.25) is 0 Å². The summed E-state index contributed by atoms with van der Waals surface area (Å²) in [6.45, 7) is 1.87. The predicted octanol–water partition coefficient (Wildman–Crippen LogP) is 1.13. The molecule has 0 bridgehead atoms. The van der Waals surface area contributed by atoms with Crippen molar-refractivity contribution >= 4 is 17.7 Å². The first-order valence-corrected chi connectivity index (χ1v) is 7.71. The fourth-order valence-corrected chi connectivity index (χ4v) is 3.40. The highest BCUT2D eigenvalue weighted by atomic mass is 32.2. The lowest BCUT2D eigenvalue weighted by Crippen LogP contribution is -2.37. The molecule has 1 aliphatic heterocycles. The minimum atomic E-state index is -0.0367. The second kappa shape index (κ2) is 5.66. The molecule has 106 valence electrons. The van der Waals surface area contributed by atoms with Gasteiger partial charge in [0.15, 0.2) is 0 Å². The van der Waals surface area contributed by atoms with Crippen molar-refractivity contribution in [1.29, 1.82) is 0 Å². The minimum Gasteiger partial charge on any atom is -0.355 e. The summed E-state index contributed by atoms with van der Waals surface area (Å²) < 4.78 is 0. The molecule has 0 aliphatic carbocycles. The molecule has 2 aromatic rings. The summed E-state index contributed by atoms with van der Waals surface area (Å²) in [5.41, 5.74) is 2.15. The van der Waals surface area contributed by atoms with Crippen LogP contribution in [0.25, 0.3) is 11.5 Å². The monoisotopic (exact) mass is 292 g/mol. The molecule has 0 unspecified atom stereocenters. The molecule has 1 amide bonds. The van der Waals surface area contributed by atoms with Crippen molar-refractivity contribution in [3.05, 3.63) is 17.3 Å². The first kappa shape index (κ1) is 13.2.